The van der Waals surface area contributed by atoms with Gasteiger partial charge in [-0.15, -0.1) is 11.3 Å². The number of aryl methyl sites for hydroxylation is 1. The smallest absolute Gasteiger partial charge is 0.114 e. The van der Waals surface area contributed by atoms with Gasteiger partial charge >= 0.3 is 0 Å². The van der Waals surface area contributed by atoms with Gasteiger partial charge in [0.1, 0.15) is 6.10 Å². The molecular formula is C12H10Cl2OS. The molecule has 2 aromatic rings. The largest absolute Gasteiger partial charge is 0.383 e. The molecule has 0 aliphatic carbocycles. The highest BCUT2D eigenvalue weighted by Gasteiger charge is 2.15. The molecule has 0 radical (unpaired) electrons. The molecule has 0 aliphatic rings. The lowest BCUT2D eigenvalue weighted by molar-refractivity contribution is 0.223. The molecule has 16 heavy (non-hydrogen) atoms. The van der Waals surface area contributed by atoms with Crippen LogP contribution < -0.4 is 0 Å². The molecule has 1 heterocycles. The van der Waals surface area contributed by atoms with E-state index in [0.29, 0.717) is 9.36 Å². The van der Waals surface area contributed by atoms with Crippen LogP contribution in [0.25, 0.3) is 0 Å². The predicted octanol–water partition coefficient (Wildman–Crippen LogP) is 4.45. The van der Waals surface area contributed by atoms with E-state index in [-0.39, 0.29) is 0 Å². The van der Waals surface area contributed by atoms with E-state index in [1.807, 2.05) is 25.1 Å². The van der Waals surface area contributed by atoms with Crippen LogP contribution in [0, 0.1) is 6.92 Å². The van der Waals surface area contributed by atoms with Crippen molar-refractivity contribution >= 4 is 34.5 Å². The van der Waals surface area contributed by atoms with Crippen LogP contribution in [0.4, 0.5) is 0 Å². The molecule has 0 aliphatic heterocycles. The molecule has 2 rings (SSSR count). The highest BCUT2D eigenvalue weighted by Crippen LogP contribution is 2.33. The summed E-state index contributed by atoms with van der Waals surface area (Å²) in [6, 6.07) is 9.11. The fourth-order valence-electron chi connectivity index (χ4n) is 1.53. The van der Waals surface area contributed by atoms with E-state index >= 15 is 0 Å². The van der Waals surface area contributed by atoms with Gasteiger partial charge in [0, 0.05) is 9.90 Å². The molecule has 1 N–H and O–H groups in total. The quantitative estimate of drug-likeness (QED) is 0.857. The number of halogens is 2. The maximum atomic E-state index is 10.2. The van der Waals surface area contributed by atoms with Crippen LogP contribution in [-0.2, 0) is 0 Å². The molecule has 0 saturated carbocycles. The standard InChI is InChI=1S/C12H10Cl2OS/c1-7-2-3-8(13)6-9(7)12(15)10-4-5-11(14)16-10/h2-6,12,15H,1H3. The molecule has 0 spiro atoms. The number of hydrogen-bond acceptors (Lipinski definition) is 2. The van der Waals surface area contributed by atoms with E-state index in [1.165, 1.54) is 11.3 Å². The maximum absolute atomic E-state index is 10.2. The van der Waals surface area contributed by atoms with Crippen LogP contribution in [0.3, 0.4) is 0 Å². The SMILES string of the molecule is Cc1ccc(Cl)cc1C(O)c1ccc(Cl)s1. The van der Waals surface area contributed by atoms with Crippen molar-refractivity contribution in [3.05, 3.63) is 55.7 Å². The fourth-order valence-corrected chi connectivity index (χ4v) is 2.78. The van der Waals surface area contributed by atoms with Gasteiger partial charge in [0.25, 0.3) is 0 Å². The minimum atomic E-state index is -0.656. The van der Waals surface area contributed by atoms with Crippen LogP contribution >= 0.6 is 34.5 Å². The Hall–Kier alpha value is -0.540. The van der Waals surface area contributed by atoms with Gasteiger partial charge in [0.05, 0.1) is 4.34 Å². The minimum Gasteiger partial charge on any atom is -0.383 e. The van der Waals surface area contributed by atoms with E-state index in [0.717, 1.165) is 16.0 Å². The van der Waals surface area contributed by atoms with Crippen LogP contribution in [0.1, 0.15) is 22.1 Å². The first kappa shape index (κ1) is 11.9. The lowest BCUT2D eigenvalue weighted by atomic mass is 10.0. The van der Waals surface area contributed by atoms with Crippen molar-refractivity contribution in [3.63, 3.8) is 0 Å². The zero-order valence-electron chi connectivity index (χ0n) is 8.58. The van der Waals surface area contributed by atoms with E-state index in [4.69, 9.17) is 23.2 Å². The lowest BCUT2D eigenvalue weighted by Gasteiger charge is -2.12. The van der Waals surface area contributed by atoms with Gasteiger partial charge in [0.2, 0.25) is 0 Å². The summed E-state index contributed by atoms with van der Waals surface area (Å²) in [5.41, 5.74) is 1.84. The van der Waals surface area contributed by atoms with Gasteiger partial charge < -0.3 is 5.11 Å². The van der Waals surface area contributed by atoms with Crippen LogP contribution in [0.15, 0.2) is 30.3 Å². The highest BCUT2D eigenvalue weighted by molar-refractivity contribution is 7.16. The minimum absolute atomic E-state index is 0.627. The van der Waals surface area contributed by atoms with Crippen LogP contribution in [-0.4, -0.2) is 5.11 Å². The van der Waals surface area contributed by atoms with Gasteiger partial charge in [-0.25, -0.2) is 0 Å². The lowest BCUT2D eigenvalue weighted by Crippen LogP contribution is -1.99. The number of aliphatic hydroxyl groups excluding tert-OH is 1. The molecule has 1 unspecified atom stereocenters. The summed E-state index contributed by atoms with van der Waals surface area (Å²) in [5, 5.41) is 10.8. The fraction of sp³-hybridized carbons (Fsp3) is 0.167. The zero-order valence-corrected chi connectivity index (χ0v) is 10.9. The summed E-state index contributed by atoms with van der Waals surface area (Å²) < 4.78 is 0.675. The molecule has 1 aromatic heterocycles. The Labute approximate surface area is 108 Å². The number of benzene rings is 1. The molecule has 0 amide bonds. The molecular weight excluding hydrogens is 263 g/mol. The average molecular weight is 273 g/mol. The number of rotatable bonds is 2. The Balaban J connectivity index is 2.40. The average Bonchev–Trinajstić information content (AvgIpc) is 2.67. The van der Waals surface area contributed by atoms with Crippen molar-refractivity contribution in [2.45, 2.75) is 13.0 Å². The Bertz CT molecular complexity index is 507. The highest BCUT2D eigenvalue weighted by atomic mass is 35.5. The van der Waals surface area contributed by atoms with Crippen molar-refractivity contribution in [2.24, 2.45) is 0 Å². The summed E-state index contributed by atoms with van der Waals surface area (Å²) in [4.78, 5) is 0.829. The predicted molar refractivity (Wildman–Crippen MR) is 69.6 cm³/mol. The Morgan fingerprint density at radius 2 is 1.94 bits per heavy atom. The van der Waals surface area contributed by atoms with Crippen molar-refractivity contribution < 1.29 is 5.11 Å². The van der Waals surface area contributed by atoms with Gasteiger partial charge in [-0.05, 0) is 42.3 Å². The molecule has 0 bridgehead atoms. The zero-order chi connectivity index (χ0) is 11.7. The Kier molecular flexibility index (Phi) is 3.55. The third-order valence-corrected chi connectivity index (χ3v) is 3.92. The van der Waals surface area contributed by atoms with Crippen LogP contribution in [0.5, 0.6) is 0 Å². The summed E-state index contributed by atoms with van der Waals surface area (Å²) in [6.45, 7) is 1.95. The Morgan fingerprint density at radius 3 is 2.56 bits per heavy atom. The summed E-state index contributed by atoms with van der Waals surface area (Å²) in [5.74, 6) is 0. The number of hydrogen-bond donors (Lipinski definition) is 1. The van der Waals surface area contributed by atoms with E-state index in [1.54, 1.807) is 12.1 Å². The first-order chi connectivity index (χ1) is 7.58. The summed E-state index contributed by atoms with van der Waals surface area (Å²) in [7, 11) is 0. The maximum Gasteiger partial charge on any atom is 0.114 e. The molecule has 1 nitrogen and oxygen atoms in total. The van der Waals surface area contributed by atoms with E-state index < -0.39 is 6.10 Å². The number of aliphatic hydroxyl groups is 1. The topological polar surface area (TPSA) is 20.2 Å². The molecule has 0 saturated heterocycles. The van der Waals surface area contributed by atoms with Crippen molar-refractivity contribution in [2.75, 3.05) is 0 Å². The van der Waals surface area contributed by atoms with Crippen LogP contribution in [0.2, 0.25) is 9.36 Å². The summed E-state index contributed by atoms with van der Waals surface area (Å²) >= 11 is 13.1. The van der Waals surface area contributed by atoms with Crippen molar-refractivity contribution in [1.29, 1.82) is 0 Å². The second kappa shape index (κ2) is 4.76. The molecule has 1 atom stereocenters. The van der Waals surface area contributed by atoms with Gasteiger partial charge in [-0.3, -0.25) is 0 Å². The third kappa shape index (κ3) is 2.41. The molecule has 1 aromatic carbocycles. The second-order valence-electron chi connectivity index (χ2n) is 3.55. The second-order valence-corrected chi connectivity index (χ2v) is 5.73. The molecule has 0 fully saturated rings. The summed E-state index contributed by atoms with van der Waals surface area (Å²) in [6.07, 6.45) is -0.656. The third-order valence-electron chi connectivity index (χ3n) is 2.40. The normalized spacial score (nSPS) is 12.8. The first-order valence-corrected chi connectivity index (χ1v) is 6.34. The molecule has 84 valence electrons. The van der Waals surface area contributed by atoms with Gasteiger partial charge in [-0.1, -0.05) is 29.3 Å². The van der Waals surface area contributed by atoms with Gasteiger partial charge in [-0.2, -0.15) is 0 Å². The molecule has 4 heteroatoms. The number of thiophene rings is 1. The van der Waals surface area contributed by atoms with E-state index in [9.17, 15) is 5.11 Å². The van der Waals surface area contributed by atoms with Crippen molar-refractivity contribution in [3.8, 4) is 0 Å². The first-order valence-electron chi connectivity index (χ1n) is 4.77. The monoisotopic (exact) mass is 272 g/mol. The van der Waals surface area contributed by atoms with E-state index in [2.05, 4.69) is 0 Å². The van der Waals surface area contributed by atoms with Crippen molar-refractivity contribution in [1.82, 2.24) is 0 Å². The van der Waals surface area contributed by atoms with Gasteiger partial charge in [0.15, 0.2) is 0 Å². The Morgan fingerprint density at radius 1 is 1.19 bits per heavy atom.